The maximum atomic E-state index is 13.3. The van der Waals surface area contributed by atoms with Crippen LogP contribution in [0.25, 0.3) is 0 Å². The van der Waals surface area contributed by atoms with Gasteiger partial charge < -0.3 is 0 Å². The van der Waals surface area contributed by atoms with E-state index in [-0.39, 0.29) is 50.8 Å². The fourth-order valence-electron chi connectivity index (χ4n) is 7.09. The highest BCUT2D eigenvalue weighted by molar-refractivity contribution is 6.24. The van der Waals surface area contributed by atoms with Crippen LogP contribution in [0.4, 0.5) is 0 Å². The quantitative estimate of drug-likeness (QED) is 0.177. The van der Waals surface area contributed by atoms with E-state index >= 15 is 0 Å². The zero-order chi connectivity index (χ0) is 32.3. The minimum absolute atomic E-state index is 0.0316. The van der Waals surface area contributed by atoms with Gasteiger partial charge in [0.05, 0.1) is 22.3 Å². The average Bonchev–Trinajstić information content (AvgIpc) is 3.50. The topological polar surface area (TPSA) is 91.8 Å². The molecule has 0 saturated carbocycles. The first-order valence-corrected chi connectivity index (χ1v) is 15.0. The number of hydrogen-bond donors (Lipinski definition) is 0. The molecule has 0 spiro atoms. The third-order valence-corrected chi connectivity index (χ3v) is 9.31. The zero-order valence-corrected chi connectivity index (χ0v) is 26.0. The first-order chi connectivity index (χ1) is 21.4. The van der Waals surface area contributed by atoms with Gasteiger partial charge in [0.1, 0.15) is 0 Å². The minimum Gasteiger partial charge on any atom is -0.289 e. The number of carbonyl (C=O) groups excluding carboxylic acids is 5. The monoisotopic (exact) mass is 598 g/mol. The molecule has 0 radical (unpaired) electrons. The molecule has 0 N–H and O–H groups in total. The number of allylic oxidation sites excluding steroid dienone is 5. The molecule has 226 valence electrons. The SMILES string of the molecule is C\C=C/C(=C\C=C/CN1C(=O)c2ccc(C(=O)c3ccc4c(c3)C(=O)N(C)C4=O)cc2C1=O)C1(C)CC(C)(C)c2ccccc21. The molecule has 0 saturated heterocycles. The Labute approximate surface area is 262 Å². The maximum absolute atomic E-state index is 13.3. The first kappa shape index (κ1) is 29.9. The van der Waals surface area contributed by atoms with E-state index in [1.165, 1.54) is 59.5 Å². The van der Waals surface area contributed by atoms with Crippen LogP contribution in [0.3, 0.4) is 0 Å². The summed E-state index contributed by atoms with van der Waals surface area (Å²) in [5, 5.41) is 0. The van der Waals surface area contributed by atoms with Crippen molar-refractivity contribution in [3.8, 4) is 0 Å². The first-order valence-electron chi connectivity index (χ1n) is 15.0. The van der Waals surface area contributed by atoms with E-state index in [1.54, 1.807) is 6.08 Å². The largest absolute Gasteiger partial charge is 0.289 e. The molecular weight excluding hydrogens is 564 g/mol. The third-order valence-electron chi connectivity index (χ3n) is 9.31. The Bertz CT molecular complexity index is 1930. The lowest BCUT2D eigenvalue weighted by Crippen LogP contribution is -2.29. The normalized spacial score (nSPS) is 20.5. The van der Waals surface area contributed by atoms with Gasteiger partial charge in [-0.2, -0.15) is 0 Å². The van der Waals surface area contributed by atoms with E-state index in [2.05, 4.69) is 57.2 Å². The Morgan fingerprint density at radius 2 is 1.33 bits per heavy atom. The zero-order valence-electron chi connectivity index (χ0n) is 26.0. The molecule has 3 aromatic carbocycles. The van der Waals surface area contributed by atoms with Crippen molar-refractivity contribution in [1.29, 1.82) is 0 Å². The smallest absolute Gasteiger partial charge is 0.261 e. The van der Waals surface area contributed by atoms with Crippen LogP contribution in [0.1, 0.15) is 103 Å². The van der Waals surface area contributed by atoms with Crippen LogP contribution in [0.5, 0.6) is 0 Å². The minimum atomic E-state index is -0.471. The molecule has 0 bridgehead atoms. The number of amides is 4. The lowest BCUT2D eigenvalue weighted by Gasteiger charge is -2.29. The summed E-state index contributed by atoms with van der Waals surface area (Å²) < 4.78 is 0. The lowest BCUT2D eigenvalue weighted by atomic mass is 9.74. The Balaban J connectivity index is 1.21. The van der Waals surface area contributed by atoms with E-state index < -0.39 is 29.4 Å². The summed E-state index contributed by atoms with van der Waals surface area (Å²) in [4.78, 5) is 66.6. The molecule has 2 aliphatic heterocycles. The van der Waals surface area contributed by atoms with Gasteiger partial charge in [-0.05, 0) is 59.7 Å². The van der Waals surface area contributed by atoms with Crippen molar-refractivity contribution in [3.63, 3.8) is 0 Å². The van der Waals surface area contributed by atoms with Gasteiger partial charge in [0.2, 0.25) is 0 Å². The number of hydrogen-bond acceptors (Lipinski definition) is 5. The standard InChI is InChI=1S/C38H34N2O5/c1-6-11-25(38(4)22-37(2,3)30-13-7-8-14-31(30)38)12-9-10-19-40-35(44)27-18-16-24(21-29(27)36(40)45)32(41)23-15-17-26-28(20-23)34(43)39(5)33(26)42/h6-18,20-21H,19,22H2,1-5H3/b10-9-,11-6-,25-12+. The van der Waals surface area contributed by atoms with Gasteiger partial charge in [-0.15, -0.1) is 0 Å². The molecule has 45 heavy (non-hydrogen) atoms. The van der Waals surface area contributed by atoms with Crippen molar-refractivity contribution in [1.82, 2.24) is 9.80 Å². The Morgan fingerprint density at radius 1 is 0.778 bits per heavy atom. The fourth-order valence-corrected chi connectivity index (χ4v) is 7.09. The molecule has 1 aliphatic carbocycles. The predicted molar refractivity (Wildman–Crippen MR) is 172 cm³/mol. The molecule has 2 heterocycles. The average molecular weight is 599 g/mol. The predicted octanol–water partition coefficient (Wildman–Crippen LogP) is 6.44. The van der Waals surface area contributed by atoms with Crippen LogP contribution in [-0.2, 0) is 10.8 Å². The summed E-state index contributed by atoms with van der Waals surface area (Å²) in [6.07, 6.45) is 10.9. The van der Waals surface area contributed by atoms with Gasteiger partial charge >= 0.3 is 0 Å². The summed E-state index contributed by atoms with van der Waals surface area (Å²) in [7, 11) is 1.39. The van der Waals surface area contributed by atoms with Crippen molar-refractivity contribution >= 4 is 29.4 Å². The number of carbonyl (C=O) groups is 5. The molecule has 1 unspecified atom stereocenters. The van der Waals surface area contributed by atoms with E-state index in [9.17, 15) is 24.0 Å². The van der Waals surface area contributed by atoms with Gasteiger partial charge in [-0.3, -0.25) is 33.8 Å². The number of imide groups is 2. The molecule has 7 heteroatoms. The third kappa shape index (κ3) is 4.70. The second-order valence-corrected chi connectivity index (χ2v) is 12.7. The van der Waals surface area contributed by atoms with Gasteiger partial charge in [0, 0.05) is 30.1 Å². The van der Waals surface area contributed by atoms with Crippen LogP contribution in [0, 0.1) is 0 Å². The van der Waals surface area contributed by atoms with Crippen LogP contribution >= 0.6 is 0 Å². The summed E-state index contributed by atoms with van der Waals surface area (Å²) in [5.41, 5.74) is 4.89. The summed E-state index contributed by atoms with van der Waals surface area (Å²) in [6.45, 7) is 8.89. The molecule has 1 atom stereocenters. The molecule has 6 rings (SSSR count). The highest BCUT2D eigenvalue weighted by Crippen LogP contribution is 2.53. The number of fused-ring (bicyclic) bond motifs is 3. The maximum Gasteiger partial charge on any atom is 0.261 e. The van der Waals surface area contributed by atoms with Crippen molar-refractivity contribution in [2.24, 2.45) is 0 Å². The second-order valence-electron chi connectivity index (χ2n) is 12.7. The number of benzene rings is 3. The molecule has 4 amide bonds. The lowest BCUT2D eigenvalue weighted by molar-refractivity contribution is 0.0664. The van der Waals surface area contributed by atoms with E-state index in [4.69, 9.17) is 0 Å². The van der Waals surface area contributed by atoms with Crippen molar-refractivity contribution in [2.45, 2.75) is 44.9 Å². The van der Waals surface area contributed by atoms with Crippen molar-refractivity contribution in [3.05, 3.63) is 141 Å². The van der Waals surface area contributed by atoms with Crippen LogP contribution < -0.4 is 0 Å². The van der Waals surface area contributed by atoms with Crippen molar-refractivity contribution < 1.29 is 24.0 Å². The van der Waals surface area contributed by atoms with Gasteiger partial charge in [-0.1, -0.05) is 87.5 Å². The van der Waals surface area contributed by atoms with Crippen LogP contribution in [0.2, 0.25) is 0 Å². The molecule has 0 aromatic heterocycles. The number of ketones is 1. The van der Waals surface area contributed by atoms with Crippen LogP contribution in [-0.4, -0.2) is 52.8 Å². The number of nitrogens with zero attached hydrogens (tertiary/aromatic N) is 2. The van der Waals surface area contributed by atoms with Crippen LogP contribution in [0.15, 0.2) is 96.6 Å². The second kappa shape index (κ2) is 10.8. The fraction of sp³-hybridized carbons (Fsp3) is 0.237. The van der Waals surface area contributed by atoms with Gasteiger partial charge in [-0.25, -0.2) is 0 Å². The molecule has 3 aliphatic rings. The Kier molecular flexibility index (Phi) is 7.15. The van der Waals surface area contributed by atoms with Crippen molar-refractivity contribution in [2.75, 3.05) is 13.6 Å². The molecular formula is C38H34N2O5. The highest BCUT2D eigenvalue weighted by atomic mass is 16.2. The molecule has 7 nitrogen and oxygen atoms in total. The highest BCUT2D eigenvalue weighted by Gasteiger charge is 2.45. The van der Waals surface area contributed by atoms with E-state index in [1.807, 2.05) is 19.1 Å². The Hall–Kier alpha value is -5.17. The Morgan fingerprint density at radius 3 is 1.98 bits per heavy atom. The molecule has 0 fully saturated rings. The summed E-state index contributed by atoms with van der Waals surface area (Å²) in [5.74, 6) is -2.19. The van der Waals surface area contributed by atoms with Gasteiger partial charge in [0.25, 0.3) is 23.6 Å². The van der Waals surface area contributed by atoms with E-state index in [0.717, 1.165) is 16.9 Å². The summed E-state index contributed by atoms with van der Waals surface area (Å²) >= 11 is 0. The van der Waals surface area contributed by atoms with E-state index in [0.29, 0.717) is 0 Å². The molecule has 3 aromatic rings. The van der Waals surface area contributed by atoms with Gasteiger partial charge in [0.15, 0.2) is 5.78 Å². The number of rotatable bonds is 7. The summed E-state index contributed by atoms with van der Waals surface area (Å²) in [6, 6.07) is 17.4.